The Hall–Kier alpha value is -2.58. The van der Waals surface area contributed by atoms with Crippen LogP contribution in [0, 0.1) is 21.7 Å². The number of rotatable bonds is 4. The number of non-ortho nitro benzene ring substituents is 1. The van der Waals surface area contributed by atoms with E-state index in [4.69, 9.17) is 0 Å². The molecule has 0 radical (unpaired) electrons. The third kappa shape index (κ3) is 2.64. The number of nitrogens with zero attached hydrogens (tertiary/aromatic N) is 3. The minimum absolute atomic E-state index is 0.386. The molecule has 0 aliphatic heterocycles. The highest BCUT2D eigenvalue weighted by Gasteiger charge is 2.19. The Bertz CT molecular complexity index is 579. The second kappa shape index (κ2) is 4.96. The summed E-state index contributed by atoms with van der Waals surface area (Å²) < 4.78 is 27.2. The lowest BCUT2D eigenvalue weighted by Crippen LogP contribution is -2.11. The Morgan fingerprint density at radius 1 is 1.42 bits per heavy atom. The van der Waals surface area contributed by atoms with Crippen LogP contribution < -0.4 is 5.32 Å². The van der Waals surface area contributed by atoms with E-state index in [2.05, 4.69) is 20.5 Å². The van der Waals surface area contributed by atoms with E-state index in [9.17, 15) is 18.9 Å². The van der Waals surface area contributed by atoms with Crippen LogP contribution in [0.25, 0.3) is 0 Å². The molecule has 0 amide bonds. The van der Waals surface area contributed by atoms with Crippen LogP contribution in [0.15, 0.2) is 18.5 Å². The fourth-order valence-electron chi connectivity index (χ4n) is 1.51. The summed E-state index contributed by atoms with van der Waals surface area (Å²) in [6, 6.07) is 0.768. The van der Waals surface area contributed by atoms with Gasteiger partial charge in [-0.25, -0.2) is 13.8 Å². The van der Waals surface area contributed by atoms with Gasteiger partial charge in [-0.3, -0.25) is 15.2 Å². The number of H-pyrrole nitrogens is 1. The SMILES string of the molecule is CC(Nc1c(F)cc([N+](=O)[O-])cc1F)c1ncn[nH]1. The number of anilines is 1. The average molecular weight is 269 g/mol. The number of halogens is 2. The quantitative estimate of drug-likeness (QED) is 0.654. The van der Waals surface area contributed by atoms with Gasteiger partial charge in [0, 0.05) is 0 Å². The summed E-state index contributed by atoms with van der Waals surface area (Å²) in [6.45, 7) is 1.61. The first-order chi connectivity index (χ1) is 8.99. The fourth-order valence-corrected chi connectivity index (χ4v) is 1.51. The molecule has 0 spiro atoms. The summed E-state index contributed by atoms with van der Waals surface area (Å²) in [4.78, 5) is 13.4. The molecule has 0 aliphatic carbocycles. The van der Waals surface area contributed by atoms with Crippen LogP contribution in [-0.2, 0) is 0 Å². The molecule has 0 saturated heterocycles. The van der Waals surface area contributed by atoms with Gasteiger partial charge in [0.05, 0.1) is 23.1 Å². The van der Waals surface area contributed by atoms with Gasteiger partial charge in [-0.2, -0.15) is 5.10 Å². The van der Waals surface area contributed by atoms with Crippen LogP contribution in [0.4, 0.5) is 20.2 Å². The van der Waals surface area contributed by atoms with E-state index < -0.39 is 34.0 Å². The highest BCUT2D eigenvalue weighted by molar-refractivity contribution is 5.52. The molecule has 2 rings (SSSR count). The molecule has 7 nitrogen and oxygen atoms in total. The molecular formula is C10H9F2N5O2. The Kier molecular flexibility index (Phi) is 3.36. The largest absolute Gasteiger partial charge is 0.371 e. The van der Waals surface area contributed by atoms with E-state index >= 15 is 0 Å². The zero-order valence-electron chi connectivity index (χ0n) is 9.72. The Labute approximate surface area is 105 Å². The van der Waals surface area contributed by atoms with Gasteiger partial charge in [-0.05, 0) is 6.92 Å². The van der Waals surface area contributed by atoms with Gasteiger partial charge >= 0.3 is 0 Å². The number of hydrogen-bond donors (Lipinski definition) is 2. The molecule has 100 valence electrons. The van der Waals surface area contributed by atoms with Crippen molar-refractivity contribution in [3.8, 4) is 0 Å². The number of nitrogens with one attached hydrogen (secondary N) is 2. The summed E-state index contributed by atoms with van der Waals surface area (Å²) in [7, 11) is 0. The summed E-state index contributed by atoms with van der Waals surface area (Å²) in [5.74, 6) is -1.70. The van der Waals surface area contributed by atoms with Crippen molar-refractivity contribution in [2.24, 2.45) is 0 Å². The van der Waals surface area contributed by atoms with Crippen LogP contribution >= 0.6 is 0 Å². The third-order valence-electron chi connectivity index (χ3n) is 2.44. The van der Waals surface area contributed by atoms with Gasteiger partial charge in [0.25, 0.3) is 5.69 Å². The Balaban J connectivity index is 2.28. The van der Waals surface area contributed by atoms with Crippen molar-refractivity contribution >= 4 is 11.4 Å². The van der Waals surface area contributed by atoms with Crippen molar-refractivity contribution in [1.82, 2.24) is 15.2 Å². The molecule has 19 heavy (non-hydrogen) atoms. The lowest BCUT2D eigenvalue weighted by atomic mass is 10.2. The smallest absolute Gasteiger partial charge is 0.275 e. The Morgan fingerprint density at radius 2 is 2.05 bits per heavy atom. The predicted molar refractivity (Wildman–Crippen MR) is 61.4 cm³/mol. The van der Waals surface area contributed by atoms with E-state index in [0.717, 1.165) is 0 Å². The molecule has 0 fully saturated rings. The highest BCUT2D eigenvalue weighted by atomic mass is 19.1. The molecule has 0 saturated carbocycles. The van der Waals surface area contributed by atoms with Crippen molar-refractivity contribution in [2.75, 3.05) is 5.32 Å². The number of nitro groups is 1. The first-order valence-corrected chi connectivity index (χ1v) is 5.24. The molecule has 1 unspecified atom stereocenters. The van der Waals surface area contributed by atoms with Crippen molar-refractivity contribution < 1.29 is 13.7 Å². The minimum Gasteiger partial charge on any atom is -0.371 e. The fraction of sp³-hybridized carbons (Fsp3) is 0.200. The summed E-state index contributed by atoms with van der Waals surface area (Å²) in [5, 5.41) is 19.2. The molecule has 0 aliphatic rings. The lowest BCUT2D eigenvalue weighted by Gasteiger charge is -2.13. The van der Waals surface area contributed by atoms with Crippen molar-refractivity contribution in [2.45, 2.75) is 13.0 Å². The topological polar surface area (TPSA) is 96.7 Å². The van der Waals surface area contributed by atoms with Crippen LogP contribution in [0.3, 0.4) is 0 Å². The normalized spacial score (nSPS) is 12.2. The molecular weight excluding hydrogens is 260 g/mol. The van der Waals surface area contributed by atoms with Gasteiger partial charge in [0.2, 0.25) is 0 Å². The van der Waals surface area contributed by atoms with Gasteiger partial charge in [-0.1, -0.05) is 0 Å². The highest BCUT2D eigenvalue weighted by Crippen LogP contribution is 2.27. The monoisotopic (exact) mass is 269 g/mol. The number of aromatic amines is 1. The van der Waals surface area contributed by atoms with Crippen molar-refractivity contribution in [1.29, 1.82) is 0 Å². The molecule has 1 aromatic heterocycles. The molecule has 2 aromatic rings. The van der Waals surface area contributed by atoms with Crippen LogP contribution in [-0.4, -0.2) is 20.1 Å². The molecule has 2 N–H and O–H groups in total. The van der Waals surface area contributed by atoms with Crippen molar-refractivity contribution in [3.05, 3.63) is 46.0 Å². The molecule has 0 bridgehead atoms. The van der Waals surface area contributed by atoms with E-state index in [1.165, 1.54) is 6.33 Å². The summed E-state index contributed by atoms with van der Waals surface area (Å²) in [6.07, 6.45) is 1.26. The van der Waals surface area contributed by atoms with Gasteiger partial charge < -0.3 is 5.32 Å². The van der Waals surface area contributed by atoms with Crippen LogP contribution in [0.2, 0.25) is 0 Å². The maximum Gasteiger partial charge on any atom is 0.275 e. The second-order valence-electron chi connectivity index (χ2n) is 3.78. The lowest BCUT2D eigenvalue weighted by molar-refractivity contribution is -0.385. The van der Waals surface area contributed by atoms with Gasteiger partial charge in [0.1, 0.15) is 17.8 Å². The molecule has 1 atom stereocenters. The van der Waals surface area contributed by atoms with E-state index in [0.29, 0.717) is 18.0 Å². The van der Waals surface area contributed by atoms with Crippen LogP contribution in [0.1, 0.15) is 18.8 Å². The molecule has 9 heteroatoms. The van der Waals surface area contributed by atoms with E-state index in [1.54, 1.807) is 6.92 Å². The molecule has 1 aromatic carbocycles. The van der Waals surface area contributed by atoms with Gasteiger partial charge in [0.15, 0.2) is 11.6 Å². The predicted octanol–water partition coefficient (Wildman–Crippen LogP) is 2.16. The number of nitro benzene ring substituents is 1. The maximum absolute atomic E-state index is 13.6. The second-order valence-corrected chi connectivity index (χ2v) is 3.78. The summed E-state index contributed by atoms with van der Waals surface area (Å²) in [5.41, 5.74) is -1.10. The average Bonchev–Trinajstić information content (AvgIpc) is 2.86. The molecule has 1 heterocycles. The maximum atomic E-state index is 13.6. The zero-order chi connectivity index (χ0) is 14.0. The first kappa shape index (κ1) is 12.9. The number of benzene rings is 1. The van der Waals surface area contributed by atoms with Crippen LogP contribution in [0.5, 0.6) is 0 Å². The Morgan fingerprint density at radius 3 is 2.53 bits per heavy atom. The zero-order valence-corrected chi connectivity index (χ0v) is 9.72. The minimum atomic E-state index is -1.04. The van der Waals surface area contributed by atoms with E-state index in [-0.39, 0.29) is 0 Å². The first-order valence-electron chi connectivity index (χ1n) is 5.24. The number of aromatic nitrogens is 3. The summed E-state index contributed by atoms with van der Waals surface area (Å²) >= 11 is 0. The standard InChI is InChI=1S/C10H9F2N5O2/c1-5(10-13-4-14-16-10)15-9-7(11)2-6(17(18)19)3-8(9)12/h2-5,15H,1H3,(H,13,14,16). The van der Waals surface area contributed by atoms with Crippen molar-refractivity contribution in [3.63, 3.8) is 0 Å². The number of hydrogen-bond acceptors (Lipinski definition) is 5. The van der Waals surface area contributed by atoms with Gasteiger partial charge in [-0.15, -0.1) is 0 Å². The van der Waals surface area contributed by atoms with E-state index in [1.807, 2.05) is 0 Å². The third-order valence-corrected chi connectivity index (χ3v) is 2.44.